The molecule has 1 aliphatic rings. The molecule has 0 aliphatic carbocycles. The van der Waals surface area contributed by atoms with Crippen molar-refractivity contribution in [2.24, 2.45) is 5.92 Å². The van der Waals surface area contributed by atoms with Crippen molar-refractivity contribution >= 4 is 5.97 Å². The van der Waals surface area contributed by atoms with Gasteiger partial charge in [-0.25, -0.2) is 0 Å². The number of hydrogen-bond donors (Lipinski definition) is 1. The van der Waals surface area contributed by atoms with Crippen LogP contribution in [0.3, 0.4) is 0 Å². The highest BCUT2D eigenvalue weighted by Crippen LogP contribution is 2.10. The molecule has 2 rings (SSSR count). The summed E-state index contributed by atoms with van der Waals surface area (Å²) < 4.78 is 10.9. The number of piperidine rings is 1. The fourth-order valence-corrected chi connectivity index (χ4v) is 3.02. The third-order valence-corrected chi connectivity index (χ3v) is 4.17. The first-order valence-corrected chi connectivity index (χ1v) is 8.47. The minimum Gasteiger partial charge on any atom is -0.494 e. The van der Waals surface area contributed by atoms with Gasteiger partial charge in [0, 0.05) is 0 Å². The Bertz CT molecular complexity index is 435. The highest BCUT2D eigenvalue weighted by atomic mass is 16.5. The molecule has 2 atom stereocenters. The molecule has 1 heterocycles. The number of carbonyl (C=O) groups excluding carboxylic acids is 1. The molecule has 4 nitrogen and oxygen atoms in total. The van der Waals surface area contributed by atoms with E-state index in [0.717, 1.165) is 51.1 Å². The van der Waals surface area contributed by atoms with Gasteiger partial charge in [-0.1, -0.05) is 18.2 Å². The van der Waals surface area contributed by atoms with E-state index < -0.39 is 0 Å². The van der Waals surface area contributed by atoms with Crippen molar-refractivity contribution in [2.75, 3.05) is 32.8 Å². The maximum absolute atomic E-state index is 11.8. The monoisotopic (exact) mass is 306 g/mol. The largest absolute Gasteiger partial charge is 0.494 e. The van der Waals surface area contributed by atoms with Gasteiger partial charge < -0.3 is 14.4 Å². The molecule has 4 heteroatoms. The summed E-state index contributed by atoms with van der Waals surface area (Å²) in [7, 11) is 0. The Morgan fingerprint density at radius 1 is 1.27 bits per heavy atom. The van der Waals surface area contributed by atoms with Crippen molar-refractivity contribution in [3.8, 4) is 5.75 Å². The zero-order valence-electron chi connectivity index (χ0n) is 13.6. The molecule has 1 aromatic carbocycles. The Labute approximate surface area is 133 Å². The van der Waals surface area contributed by atoms with E-state index >= 15 is 0 Å². The first-order valence-electron chi connectivity index (χ1n) is 8.47. The van der Waals surface area contributed by atoms with Gasteiger partial charge in [0.05, 0.1) is 32.8 Å². The molecule has 0 aromatic heterocycles. The summed E-state index contributed by atoms with van der Waals surface area (Å²) in [6.07, 6.45) is 4.30. The van der Waals surface area contributed by atoms with Crippen molar-refractivity contribution in [1.29, 1.82) is 0 Å². The molecule has 1 fully saturated rings. The van der Waals surface area contributed by atoms with Gasteiger partial charge in [-0.15, -0.1) is 0 Å². The number of carbonyl (C=O) groups is 1. The van der Waals surface area contributed by atoms with Crippen molar-refractivity contribution in [3.63, 3.8) is 0 Å². The van der Waals surface area contributed by atoms with Crippen molar-refractivity contribution in [1.82, 2.24) is 0 Å². The molecule has 22 heavy (non-hydrogen) atoms. The maximum Gasteiger partial charge on any atom is 0.314 e. The van der Waals surface area contributed by atoms with Crippen LogP contribution in [0.5, 0.6) is 5.75 Å². The number of ether oxygens (including phenoxy) is 2. The van der Waals surface area contributed by atoms with Gasteiger partial charge in [-0.05, 0) is 44.7 Å². The molecule has 1 unspecified atom stereocenters. The minimum absolute atomic E-state index is 0.00730. The Kier molecular flexibility index (Phi) is 7.23. The standard InChI is InChI=1S/C18H27NO3/c1-2-21-18(20)16-9-8-13-19(15-16)12-6-7-14-22-17-10-4-3-5-11-17/h3-5,10-11,16H,2,6-9,12-15H2,1H3/p+1/t16-/m0/s1. The normalized spacial score (nSPS) is 21.3. The Balaban J connectivity index is 1.59. The Hall–Kier alpha value is -1.55. The Morgan fingerprint density at radius 2 is 2.09 bits per heavy atom. The lowest BCUT2D eigenvalue weighted by Crippen LogP contribution is -3.13. The summed E-state index contributed by atoms with van der Waals surface area (Å²) in [5.74, 6) is 1.03. The number of rotatable bonds is 8. The third kappa shape index (κ3) is 5.68. The van der Waals surface area contributed by atoms with E-state index in [9.17, 15) is 4.79 Å². The SMILES string of the molecule is CCOC(=O)[C@H]1CCC[NH+](CCCCOc2ccccc2)C1. The summed E-state index contributed by atoms with van der Waals surface area (Å²) in [6.45, 7) is 6.35. The molecule has 1 aliphatic heterocycles. The minimum atomic E-state index is -0.00730. The van der Waals surface area contributed by atoms with Crippen LogP contribution in [-0.4, -0.2) is 38.8 Å². The van der Waals surface area contributed by atoms with Gasteiger partial charge in [0.2, 0.25) is 0 Å². The third-order valence-electron chi connectivity index (χ3n) is 4.17. The number of hydrogen-bond acceptors (Lipinski definition) is 3. The number of nitrogens with one attached hydrogen (secondary N) is 1. The van der Waals surface area contributed by atoms with Crippen LogP contribution in [0, 0.1) is 5.92 Å². The topological polar surface area (TPSA) is 40.0 Å². The molecule has 0 amide bonds. The lowest BCUT2D eigenvalue weighted by Gasteiger charge is -2.28. The zero-order valence-corrected chi connectivity index (χ0v) is 13.6. The van der Waals surface area contributed by atoms with E-state index in [1.54, 1.807) is 0 Å². The van der Waals surface area contributed by atoms with E-state index in [4.69, 9.17) is 9.47 Å². The number of benzene rings is 1. The van der Waals surface area contributed by atoms with Gasteiger partial charge in [0.25, 0.3) is 0 Å². The van der Waals surface area contributed by atoms with Gasteiger partial charge >= 0.3 is 5.97 Å². The van der Waals surface area contributed by atoms with Crippen LogP contribution < -0.4 is 9.64 Å². The van der Waals surface area contributed by atoms with Crippen LogP contribution in [0.15, 0.2) is 30.3 Å². The number of likely N-dealkylation sites (tertiary alicyclic amines) is 1. The number of quaternary nitrogens is 1. The summed E-state index contributed by atoms with van der Waals surface area (Å²) >= 11 is 0. The fourth-order valence-electron chi connectivity index (χ4n) is 3.02. The highest BCUT2D eigenvalue weighted by Gasteiger charge is 2.29. The van der Waals surface area contributed by atoms with Crippen molar-refractivity contribution < 1.29 is 19.2 Å². The average molecular weight is 306 g/mol. The van der Waals surface area contributed by atoms with Crippen LogP contribution in [0.1, 0.15) is 32.6 Å². The van der Waals surface area contributed by atoms with E-state index in [-0.39, 0.29) is 11.9 Å². The van der Waals surface area contributed by atoms with Gasteiger partial charge in [0.15, 0.2) is 0 Å². The lowest BCUT2D eigenvalue weighted by atomic mass is 9.98. The first kappa shape index (κ1) is 16.8. The van der Waals surface area contributed by atoms with E-state index in [1.807, 2.05) is 37.3 Å². The Morgan fingerprint density at radius 3 is 2.86 bits per heavy atom. The van der Waals surface area contributed by atoms with Crippen LogP contribution in [0.4, 0.5) is 0 Å². The van der Waals surface area contributed by atoms with Crippen LogP contribution in [-0.2, 0) is 9.53 Å². The van der Waals surface area contributed by atoms with Gasteiger partial charge in [0.1, 0.15) is 11.7 Å². The molecule has 1 N–H and O–H groups in total. The molecule has 1 saturated heterocycles. The van der Waals surface area contributed by atoms with E-state index in [2.05, 4.69) is 0 Å². The van der Waals surface area contributed by atoms with Gasteiger partial charge in [-0.3, -0.25) is 4.79 Å². The van der Waals surface area contributed by atoms with Gasteiger partial charge in [-0.2, -0.15) is 0 Å². The second-order valence-corrected chi connectivity index (χ2v) is 5.91. The summed E-state index contributed by atoms with van der Waals surface area (Å²) in [4.78, 5) is 13.4. The second kappa shape index (κ2) is 9.46. The quantitative estimate of drug-likeness (QED) is 0.587. The van der Waals surface area contributed by atoms with Crippen LogP contribution >= 0.6 is 0 Å². The lowest BCUT2D eigenvalue weighted by molar-refractivity contribution is -0.907. The van der Waals surface area contributed by atoms with Crippen molar-refractivity contribution in [3.05, 3.63) is 30.3 Å². The molecule has 1 aromatic rings. The molecular formula is C18H28NO3+. The second-order valence-electron chi connectivity index (χ2n) is 5.91. The number of esters is 1. The van der Waals surface area contributed by atoms with Crippen molar-refractivity contribution in [2.45, 2.75) is 32.6 Å². The smallest absolute Gasteiger partial charge is 0.314 e. The summed E-state index contributed by atoms with van der Waals surface area (Å²) in [6, 6.07) is 9.94. The first-order chi connectivity index (χ1) is 10.8. The molecule has 0 spiro atoms. The van der Waals surface area contributed by atoms with E-state index in [1.165, 1.54) is 11.4 Å². The molecule has 122 valence electrons. The predicted molar refractivity (Wildman–Crippen MR) is 86.1 cm³/mol. The van der Waals surface area contributed by atoms with E-state index in [0.29, 0.717) is 6.61 Å². The highest BCUT2D eigenvalue weighted by molar-refractivity contribution is 5.72. The summed E-state index contributed by atoms with van der Waals surface area (Å²) in [5.41, 5.74) is 0. The predicted octanol–water partition coefficient (Wildman–Crippen LogP) is 1.70. The molecule has 0 bridgehead atoms. The zero-order chi connectivity index (χ0) is 15.6. The number of para-hydroxylation sites is 1. The number of unbranched alkanes of at least 4 members (excludes halogenated alkanes) is 1. The average Bonchev–Trinajstić information content (AvgIpc) is 2.56. The fraction of sp³-hybridized carbons (Fsp3) is 0.611. The molecule has 0 radical (unpaired) electrons. The maximum atomic E-state index is 11.8. The van der Waals surface area contributed by atoms with Crippen LogP contribution in [0.25, 0.3) is 0 Å². The molecular weight excluding hydrogens is 278 g/mol. The summed E-state index contributed by atoms with van der Waals surface area (Å²) in [5, 5.41) is 0. The molecule has 0 saturated carbocycles. The van der Waals surface area contributed by atoms with Crippen LogP contribution in [0.2, 0.25) is 0 Å².